The van der Waals surface area contributed by atoms with Crippen LogP contribution in [0.4, 0.5) is 5.69 Å². The second kappa shape index (κ2) is 6.31. The van der Waals surface area contributed by atoms with Crippen LogP contribution in [0.3, 0.4) is 0 Å². The lowest BCUT2D eigenvalue weighted by Gasteiger charge is -2.19. The van der Waals surface area contributed by atoms with Gasteiger partial charge in [-0.1, -0.05) is 11.6 Å². The van der Waals surface area contributed by atoms with E-state index in [0.717, 1.165) is 40.7 Å². The summed E-state index contributed by atoms with van der Waals surface area (Å²) >= 11 is 6.16. The predicted octanol–water partition coefficient (Wildman–Crippen LogP) is 3.31. The van der Waals surface area contributed by atoms with Gasteiger partial charge in [-0.2, -0.15) is 0 Å². The summed E-state index contributed by atoms with van der Waals surface area (Å²) < 4.78 is 25.5. The molecule has 2 aliphatic rings. The molecule has 0 unspecified atom stereocenters. The van der Waals surface area contributed by atoms with Crippen molar-refractivity contribution >= 4 is 43.9 Å². The standard InChI is InChI=1S/C21H20ClN3O3S/c1-29(27,28)9-8-24-16(11-14-10-15(22)2-3-18(14)24)13-25-19-12-23-7-4-17(19)21(5-6-21)20(25)26/h2-4,7,10-12H,5-6,8-9,13H2,1H3. The average molecular weight is 430 g/mol. The monoisotopic (exact) mass is 429 g/mol. The molecule has 1 aliphatic carbocycles. The van der Waals surface area contributed by atoms with Gasteiger partial charge in [0.25, 0.3) is 0 Å². The number of hydrogen-bond donors (Lipinski definition) is 0. The topological polar surface area (TPSA) is 72.3 Å². The van der Waals surface area contributed by atoms with Gasteiger partial charge in [0.15, 0.2) is 0 Å². The quantitative estimate of drug-likeness (QED) is 0.623. The van der Waals surface area contributed by atoms with Crippen LogP contribution in [0, 0.1) is 0 Å². The van der Waals surface area contributed by atoms with Gasteiger partial charge in [0, 0.05) is 40.6 Å². The SMILES string of the molecule is CS(=O)(=O)CCn1c(CN2C(=O)C3(CC3)c3ccncc32)cc2cc(Cl)ccc21. The Bertz CT molecular complexity index is 1260. The number of pyridine rings is 1. The Morgan fingerprint density at radius 1 is 1.21 bits per heavy atom. The van der Waals surface area contributed by atoms with E-state index in [0.29, 0.717) is 18.1 Å². The molecule has 1 amide bonds. The lowest BCUT2D eigenvalue weighted by atomic mass is 9.99. The van der Waals surface area contributed by atoms with E-state index in [1.807, 2.05) is 28.8 Å². The number of anilines is 1. The second-order valence-corrected chi connectivity index (χ2v) is 10.7. The summed E-state index contributed by atoms with van der Waals surface area (Å²) in [5.74, 6) is 0.140. The van der Waals surface area contributed by atoms with Gasteiger partial charge in [-0.05, 0) is 48.7 Å². The first kappa shape index (κ1) is 18.6. The van der Waals surface area contributed by atoms with Crippen molar-refractivity contribution in [3.05, 3.63) is 59.0 Å². The summed E-state index contributed by atoms with van der Waals surface area (Å²) in [7, 11) is -3.13. The summed E-state index contributed by atoms with van der Waals surface area (Å²) in [5.41, 5.74) is 3.32. The van der Waals surface area contributed by atoms with Crippen LogP contribution in [0.1, 0.15) is 24.1 Å². The van der Waals surface area contributed by atoms with Crippen LogP contribution in [0.2, 0.25) is 5.02 Å². The maximum atomic E-state index is 13.2. The Hall–Kier alpha value is -2.38. The van der Waals surface area contributed by atoms with E-state index < -0.39 is 9.84 Å². The van der Waals surface area contributed by atoms with E-state index in [9.17, 15) is 13.2 Å². The maximum Gasteiger partial charge on any atom is 0.238 e. The molecule has 6 nitrogen and oxygen atoms in total. The van der Waals surface area contributed by atoms with Gasteiger partial charge in [0.1, 0.15) is 9.84 Å². The van der Waals surface area contributed by atoms with Crippen molar-refractivity contribution < 1.29 is 13.2 Å². The molecular weight excluding hydrogens is 410 g/mol. The number of hydrogen-bond acceptors (Lipinski definition) is 4. The first-order valence-corrected chi connectivity index (χ1v) is 11.9. The largest absolute Gasteiger partial charge is 0.342 e. The zero-order valence-corrected chi connectivity index (χ0v) is 17.5. The zero-order valence-electron chi connectivity index (χ0n) is 15.9. The van der Waals surface area contributed by atoms with E-state index in [4.69, 9.17) is 11.6 Å². The summed E-state index contributed by atoms with van der Waals surface area (Å²) in [5, 5.41) is 1.55. The van der Waals surface area contributed by atoms with Gasteiger partial charge in [-0.3, -0.25) is 9.78 Å². The Labute approximate surface area is 174 Å². The molecule has 0 saturated heterocycles. The molecule has 0 bridgehead atoms. The number of benzene rings is 1. The number of halogens is 1. The number of rotatable bonds is 5. The highest BCUT2D eigenvalue weighted by atomic mass is 35.5. The summed E-state index contributed by atoms with van der Waals surface area (Å²) in [6.45, 7) is 0.696. The Morgan fingerprint density at radius 3 is 2.72 bits per heavy atom. The number of amides is 1. The molecule has 1 fully saturated rings. The molecule has 1 spiro atoms. The van der Waals surface area contributed by atoms with Gasteiger partial charge in [-0.15, -0.1) is 0 Å². The van der Waals surface area contributed by atoms with Crippen molar-refractivity contribution in [1.82, 2.24) is 9.55 Å². The van der Waals surface area contributed by atoms with Crippen molar-refractivity contribution in [3.8, 4) is 0 Å². The lowest BCUT2D eigenvalue weighted by Crippen LogP contribution is -2.32. The smallest absolute Gasteiger partial charge is 0.238 e. The lowest BCUT2D eigenvalue weighted by molar-refractivity contribution is -0.120. The Morgan fingerprint density at radius 2 is 2.00 bits per heavy atom. The Balaban J connectivity index is 1.58. The number of carbonyl (C=O) groups excluding carboxylic acids is 1. The van der Waals surface area contributed by atoms with E-state index in [1.54, 1.807) is 23.4 Å². The fraction of sp³-hybridized carbons (Fsp3) is 0.333. The highest BCUT2D eigenvalue weighted by Gasteiger charge is 2.59. The van der Waals surface area contributed by atoms with Crippen LogP contribution in [-0.4, -0.2) is 35.9 Å². The van der Waals surface area contributed by atoms with Crippen molar-refractivity contribution in [1.29, 1.82) is 0 Å². The van der Waals surface area contributed by atoms with Crippen LogP contribution in [-0.2, 0) is 33.1 Å². The van der Waals surface area contributed by atoms with E-state index in [1.165, 1.54) is 6.26 Å². The molecule has 0 atom stereocenters. The fourth-order valence-corrected chi connectivity index (χ4v) is 5.06. The molecule has 5 rings (SSSR count). The van der Waals surface area contributed by atoms with Gasteiger partial charge in [0.2, 0.25) is 5.91 Å². The summed E-state index contributed by atoms with van der Waals surface area (Å²) in [6.07, 6.45) is 6.46. The van der Waals surface area contributed by atoms with Crippen LogP contribution in [0.5, 0.6) is 0 Å². The van der Waals surface area contributed by atoms with Gasteiger partial charge in [-0.25, -0.2) is 8.42 Å². The molecule has 0 N–H and O–H groups in total. The number of fused-ring (bicyclic) bond motifs is 3. The predicted molar refractivity (Wildman–Crippen MR) is 113 cm³/mol. The highest BCUT2D eigenvalue weighted by Crippen LogP contribution is 2.57. The molecule has 29 heavy (non-hydrogen) atoms. The normalized spacial score (nSPS) is 17.3. The molecular formula is C21H20ClN3O3S. The molecule has 3 aromatic rings. The zero-order chi connectivity index (χ0) is 20.4. The van der Waals surface area contributed by atoms with Gasteiger partial charge in [0.05, 0.1) is 29.6 Å². The third-order valence-corrected chi connectivity index (χ3v) is 7.13. The number of nitrogens with zero attached hydrogens (tertiary/aromatic N) is 3. The minimum absolute atomic E-state index is 0.0302. The van der Waals surface area contributed by atoms with Crippen molar-refractivity contribution in [3.63, 3.8) is 0 Å². The number of carbonyl (C=O) groups is 1. The van der Waals surface area contributed by atoms with Gasteiger partial charge < -0.3 is 9.47 Å². The van der Waals surface area contributed by atoms with E-state index in [2.05, 4.69) is 4.98 Å². The van der Waals surface area contributed by atoms with Crippen LogP contribution < -0.4 is 4.90 Å². The summed E-state index contributed by atoms with van der Waals surface area (Å²) in [6, 6.07) is 9.49. The minimum atomic E-state index is -3.13. The second-order valence-electron chi connectivity index (χ2n) is 7.99. The fourth-order valence-electron chi connectivity index (χ4n) is 4.37. The number of aryl methyl sites for hydroxylation is 1. The average Bonchev–Trinajstić information content (AvgIpc) is 3.36. The first-order chi connectivity index (χ1) is 13.8. The molecule has 1 saturated carbocycles. The molecule has 150 valence electrons. The molecule has 3 heterocycles. The van der Waals surface area contributed by atoms with E-state index >= 15 is 0 Å². The number of aromatic nitrogens is 2. The Kier molecular flexibility index (Phi) is 4.05. The highest BCUT2D eigenvalue weighted by molar-refractivity contribution is 7.90. The minimum Gasteiger partial charge on any atom is -0.342 e. The van der Waals surface area contributed by atoms with Crippen LogP contribution in [0.15, 0.2) is 42.7 Å². The molecule has 2 aromatic heterocycles. The van der Waals surface area contributed by atoms with Crippen LogP contribution in [0.25, 0.3) is 10.9 Å². The molecule has 1 aromatic carbocycles. The molecule has 8 heteroatoms. The van der Waals surface area contributed by atoms with E-state index in [-0.39, 0.29) is 17.1 Å². The third kappa shape index (κ3) is 3.04. The number of sulfone groups is 1. The molecule has 0 radical (unpaired) electrons. The summed E-state index contributed by atoms with van der Waals surface area (Å²) in [4.78, 5) is 19.2. The van der Waals surface area contributed by atoms with Crippen molar-refractivity contribution in [2.24, 2.45) is 0 Å². The van der Waals surface area contributed by atoms with Gasteiger partial charge >= 0.3 is 0 Å². The maximum absolute atomic E-state index is 13.2. The van der Waals surface area contributed by atoms with Crippen LogP contribution >= 0.6 is 11.6 Å². The van der Waals surface area contributed by atoms with Crippen molar-refractivity contribution in [2.75, 3.05) is 16.9 Å². The molecule has 1 aliphatic heterocycles. The van der Waals surface area contributed by atoms with Crippen molar-refractivity contribution in [2.45, 2.75) is 31.3 Å². The third-order valence-electron chi connectivity index (χ3n) is 5.97. The first-order valence-electron chi connectivity index (χ1n) is 9.50.